The summed E-state index contributed by atoms with van der Waals surface area (Å²) in [5.74, 6) is 0.698. The Morgan fingerprint density at radius 1 is 1.19 bits per heavy atom. The number of thioether (sulfide) groups is 1. The first kappa shape index (κ1) is 15.4. The van der Waals surface area contributed by atoms with Gasteiger partial charge in [-0.1, -0.05) is 17.7 Å². The van der Waals surface area contributed by atoms with Gasteiger partial charge >= 0.3 is 0 Å². The zero-order valence-corrected chi connectivity index (χ0v) is 13.3. The molecule has 110 valence electrons. The predicted molar refractivity (Wildman–Crippen MR) is 88.3 cm³/mol. The van der Waals surface area contributed by atoms with E-state index in [1.807, 2.05) is 55.6 Å². The SMILES string of the molecule is COc1ccc(C)cc1CC(=O)Nc1ccc(SC)cc1. The fraction of sp³-hybridized carbons (Fsp3) is 0.235. The molecule has 0 fully saturated rings. The highest BCUT2D eigenvalue weighted by atomic mass is 32.2. The third-order valence-corrected chi connectivity index (χ3v) is 3.90. The van der Waals surface area contributed by atoms with Gasteiger partial charge in [0.05, 0.1) is 13.5 Å². The average Bonchev–Trinajstić information content (AvgIpc) is 2.48. The van der Waals surface area contributed by atoms with E-state index in [0.29, 0.717) is 6.42 Å². The van der Waals surface area contributed by atoms with Gasteiger partial charge in [0.25, 0.3) is 0 Å². The highest BCUT2D eigenvalue weighted by Gasteiger charge is 2.09. The first-order valence-corrected chi connectivity index (χ1v) is 7.92. The van der Waals surface area contributed by atoms with Crippen LogP contribution < -0.4 is 10.1 Å². The standard InChI is InChI=1S/C17H19NO2S/c1-12-4-9-16(20-2)13(10-12)11-17(19)18-14-5-7-15(21-3)8-6-14/h4-10H,11H2,1-3H3,(H,18,19). The molecule has 0 spiro atoms. The second kappa shape index (κ2) is 7.18. The molecule has 1 amide bonds. The van der Waals surface area contributed by atoms with E-state index in [-0.39, 0.29) is 5.91 Å². The molecule has 0 aliphatic carbocycles. The Hall–Kier alpha value is -1.94. The van der Waals surface area contributed by atoms with Crippen molar-refractivity contribution in [2.24, 2.45) is 0 Å². The third kappa shape index (κ3) is 4.26. The van der Waals surface area contributed by atoms with Crippen molar-refractivity contribution >= 4 is 23.4 Å². The van der Waals surface area contributed by atoms with Crippen LogP contribution in [0.2, 0.25) is 0 Å². The van der Waals surface area contributed by atoms with E-state index in [2.05, 4.69) is 5.32 Å². The van der Waals surface area contributed by atoms with Gasteiger partial charge in [-0.15, -0.1) is 11.8 Å². The minimum Gasteiger partial charge on any atom is -0.496 e. The van der Waals surface area contributed by atoms with Crippen LogP contribution in [0, 0.1) is 6.92 Å². The molecular weight excluding hydrogens is 282 g/mol. The number of hydrogen-bond donors (Lipinski definition) is 1. The van der Waals surface area contributed by atoms with Gasteiger partial charge in [0.1, 0.15) is 5.75 Å². The Balaban J connectivity index is 2.05. The molecule has 3 nitrogen and oxygen atoms in total. The van der Waals surface area contributed by atoms with Crippen molar-refractivity contribution in [2.45, 2.75) is 18.2 Å². The number of methoxy groups -OCH3 is 1. The van der Waals surface area contributed by atoms with Gasteiger partial charge in [0.2, 0.25) is 5.91 Å². The summed E-state index contributed by atoms with van der Waals surface area (Å²) in [5.41, 5.74) is 2.82. The Bertz CT molecular complexity index is 623. The second-order valence-corrected chi connectivity index (χ2v) is 5.65. The molecule has 2 aromatic rings. The normalized spacial score (nSPS) is 10.2. The highest BCUT2D eigenvalue weighted by Crippen LogP contribution is 2.21. The Labute approximate surface area is 129 Å². The van der Waals surface area contributed by atoms with Crippen LogP contribution in [-0.2, 0) is 11.2 Å². The van der Waals surface area contributed by atoms with Crippen LogP contribution in [0.25, 0.3) is 0 Å². The summed E-state index contributed by atoms with van der Waals surface area (Å²) in [6, 6.07) is 13.7. The van der Waals surface area contributed by atoms with Gasteiger partial charge in [-0.2, -0.15) is 0 Å². The molecule has 0 heterocycles. The first-order valence-electron chi connectivity index (χ1n) is 6.70. The Kier molecular flexibility index (Phi) is 5.28. The summed E-state index contributed by atoms with van der Waals surface area (Å²) in [5, 5.41) is 2.91. The van der Waals surface area contributed by atoms with Crippen molar-refractivity contribution in [1.82, 2.24) is 0 Å². The van der Waals surface area contributed by atoms with Crippen molar-refractivity contribution in [3.63, 3.8) is 0 Å². The largest absolute Gasteiger partial charge is 0.496 e. The number of rotatable bonds is 5. The first-order chi connectivity index (χ1) is 10.1. The summed E-state index contributed by atoms with van der Waals surface area (Å²) in [6.07, 6.45) is 2.33. The summed E-state index contributed by atoms with van der Waals surface area (Å²) < 4.78 is 5.30. The van der Waals surface area contributed by atoms with Crippen LogP contribution in [0.15, 0.2) is 47.4 Å². The number of aryl methyl sites for hydroxylation is 1. The summed E-state index contributed by atoms with van der Waals surface area (Å²) >= 11 is 1.68. The van der Waals surface area contributed by atoms with Crippen molar-refractivity contribution < 1.29 is 9.53 Å². The van der Waals surface area contributed by atoms with Crippen molar-refractivity contribution in [2.75, 3.05) is 18.7 Å². The quantitative estimate of drug-likeness (QED) is 0.851. The van der Waals surface area contributed by atoms with Gasteiger partial charge in [0.15, 0.2) is 0 Å². The number of benzene rings is 2. The number of carbonyl (C=O) groups excluding carboxylic acids is 1. The molecule has 0 bridgehead atoms. The van der Waals surface area contributed by atoms with E-state index >= 15 is 0 Å². The predicted octanol–water partition coefficient (Wildman–Crippen LogP) is 3.91. The molecule has 2 rings (SSSR count). The lowest BCUT2D eigenvalue weighted by Crippen LogP contribution is -2.15. The lowest BCUT2D eigenvalue weighted by Gasteiger charge is -2.10. The van der Waals surface area contributed by atoms with Gasteiger partial charge in [-0.25, -0.2) is 0 Å². The fourth-order valence-electron chi connectivity index (χ4n) is 2.10. The molecule has 1 N–H and O–H groups in total. The highest BCUT2D eigenvalue weighted by molar-refractivity contribution is 7.98. The number of carbonyl (C=O) groups is 1. The maximum atomic E-state index is 12.1. The summed E-state index contributed by atoms with van der Waals surface area (Å²) in [4.78, 5) is 13.3. The van der Waals surface area contributed by atoms with Crippen LogP contribution >= 0.6 is 11.8 Å². The Morgan fingerprint density at radius 2 is 1.90 bits per heavy atom. The van der Waals surface area contributed by atoms with Crippen molar-refractivity contribution in [1.29, 1.82) is 0 Å². The molecule has 0 aliphatic rings. The van der Waals surface area contributed by atoms with Gasteiger partial charge in [0, 0.05) is 16.1 Å². The molecule has 0 saturated heterocycles. The fourth-order valence-corrected chi connectivity index (χ4v) is 2.51. The molecule has 0 atom stereocenters. The van der Waals surface area contributed by atoms with E-state index in [0.717, 1.165) is 22.6 Å². The minimum atomic E-state index is -0.0456. The monoisotopic (exact) mass is 301 g/mol. The zero-order valence-electron chi connectivity index (χ0n) is 12.5. The molecule has 2 aromatic carbocycles. The molecular formula is C17H19NO2S. The van der Waals surface area contributed by atoms with Crippen LogP contribution in [0.1, 0.15) is 11.1 Å². The number of nitrogens with one attached hydrogen (secondary N) is 1. The number of anilines is 1. The zero-order chi connectivity index (χ0) is 15.2. The van der Waals surface area contributed by atoms with E-state index in [1.165, 1.54) is 4.90 Å². The van der Waals surface area contributed by atoms with E-state index in [9.17, 15) is 4.79 Å². The number of ether oxygens (including phenoxy) is 1. The van der Waals surface area contributed by atoms with E-state index in [4.69, 9.17) is 4.74 Å². The van der Waals surface area contributed by atoms with Crippen LogP contribution in [0.4, 0.5) is 5.69 Å². The van der Waals surface area contributed by atoms with Crippen LogP contribution in [0.3, 0.4) is 0 Å². The van der Waals surface area contributed by atoms with E-state index in [1.54, 1.807) is 18.9 Å². The van der Waals surface area contributed by atoms with Crippen molar-refractivity contribution in [3.05, 3.63) is 53.6 Å². The number of amides is 1. The van der Waals surface area contributed by atoms with Gasteiger partial charge < -0.3 is 10.1 Å². The molecule has 0 unspecified atom stereocenters. The summed E-state index contributed by atoms with van der Waals surface area (Å²) in [7, 11) is 1.62. The third-order valence-electron chi connectivity index (χ3n) is 3.16. The van der Waals surface area contributed by atoms with Crippen molar-refractivity contribution in [3.8, 4) is 5.75 Å². The minimum absolute atomic E-state index is 0.0456. The van der Waals surface area contributed by atoms with Crippen LogP contribution in [-0.4, -0.2) is 19.3 Å². The molecule has 0 radical (unpaired) electrons. The molecule has 0 aliphatic heterocycles. The summed E-state index contributed by atoms with van der Waals surface area (Å²) in [6.45, 7) is 2.00. The van der Waals surface area contributed by atoms with E-state index < -0.39 is 0 Å². The topological polar surface area (TPSA) is 38.3 Å². The average molecular weight is 301 g/mol. The molecule has 4 heteroatoms. The van der Waals surface area contributed by atoms with Crippen LogP contribution in [0.5, 0.6) is 5.75 Å². The lowest BCUT2D eigenvalue weighted by molar-refractivity contribution is -0.115. The smallest absolute Gasteiger partial charge is 0.228 e. The Morgan fingerprint density at radius 3 is 2.52 bits per heavy atom. The maximum absolute atomic E-state index is 12.1. The lowest BCUT2D eigenvalue weighted by atomic mass is 10.1. The maximum Gasteiger partial charge on any atom is 0.228 e. The molecule has 0 saturated carbocycles. The molecule has 21 heavy (non-hydrogen) atoms. The second-order valence-electron chi connectivity index (χ2n) is 4.77. The van der Waals surface area contributed by atoms with Gasteiger partial charge in [-0.05, 0) is 43.5 Å². The molecule has 0 aromatic heterocycles. The van der Waals surface area contributed by atoms with Gasteiger partial charge in [-0.3, -0.25) is 4.79 Å². The number of hydrogen-bond acceptors (Lipinski definition) is 3.